The second kappa shape index (κ2) is 5.19. The minimum atomic E-state index is -0.882. The summed E-state index contributed by atoms with van der Waals surface area (Å²) in [6.07, 6.45) is 1.99. The van der Waals surface area contributed by atoms with E-state index >= 15 is 0 Å². The van der Waals surface area contributed by atoms with Gasteiger partial charge in [0.2, 0.25) is 0 Å². The van der Waals surface area contributed by atoms with Crippen LogP contribution in [0.1, 0.15) is 23.2 Å². The predicted octanol–water partition coefficient (Wildman–Crippen LogP) is 2.00. The molecule has 1 aromatic carbocycles. The molecule has 0 bridgehead atoms. The van der Waals surface area contributed by atoms with Crippen LogP contribution in [0.3, 0.4) is 0 Å². The molecule has 92 valence electrons. The van der Waals surface area contributed by atoms with Gasteiger partial charge in [-0.2, -0.15) is 0 Å². The molecule has 0 aromatic heterocycles. The standard InChI is InChI=1S/C13H17NO3/c1-14(11-5-7-17-8-6-11)12-4-2-3-10(9-12)13(15)16/h2-4,9,11H,5-8H2,1H3,(H,15,16). The van der Waals surface area contributed by atoms with E-state index in [1.54, 1.807) is 18.2 Å². The monoisotopic (exact) mass is 235 g/mol. The molecule has 0 unspecified atom stereocenters. The van der Waals surface area contributed by atoms with E-state index in [0.29, 0.717) is 11.6 Å². The van der Waals surface area contributed by atoms with E-state index < -0.39 is 5.97 Å². The van der Waals surface area contributed by atoms with Crippen molar-refractivity contribution in [2.24, 2.45) is 0 Å². The zero-order valence-corrected chi connectivity index (χ0v) is 9.93. The Kier molecular flexibility index (Phi) is 3.64. The first-order valence-corrected chi connectivity index (χ1v) is 5.82. The average molecular weight is 235 g/mol. The summed E-state index contributed by atoms with van der Waals surface area (Å²) >= 11 is 0. The number of aromatic carboxylic acids is 1. The van der Waals surface area contributed by atoms with E-state index in [1.807, 2.05) is 13.1 Å². The largest absolute Gasteiger partial charge is 0.478 e. The molecule has 2 rings (SSSR count). The number of nitrogens with zero attached hydrogens (tertiary/aromatic N) is 1. The molecule has 0 atom stereocenters. The van der Waals surface area contributed by atoms with Gasteiger partial charge in [-0.05, 0) is 31.0 Å². The maximum absolute atomic E-state index is 10.9. The van der Waals surface area contributed by atoms with Crippen molar-refractivity contribution >= 4 is 11.7 Å². The first-order chi connectivity index (χ1) is 8.18. The van der Waals surface area contributed by atoms with Crippen molar-refractivity contribution in [3.8, 4) is 0 Å². The molecule has 0 amide bonds. The maximum atomic E-state index is 10.9. The minimum absolute atomic E-state index is 0.335. The van der Waals surface area contributed by atoms with Crippen LogP contribution < -0.4 is 4.90 Å². The molecule has 1 aliphatic heterocycles. The normalized spacial score (nSPS) is 16.8. The Labute approximate surface area is 101 Å². The molecular formula is C13H17NO3. The lowest BCUT2D eigenvalue weighted by atomic mass is 10.1. The van der Waals surface area contributed by atoms with Gasteiger partial charge in [-0.1, -0.05) is 6.07 Å². The highest BCUT2D eigenvalue weighted by molar-refractivity contribution is 5.88. The number of carboxylic acid groups (broad SMARTS) is 1. The summed E-state index contributed by atoms with van der Waals surface area (Å²) in [5.41, 5.74) is 1.29. The van der Waals surface area contributed by atoms with Gasteiger partial charge in [-0.3, -0.25) is 0 Å². The number of ether oxygens (including phenoxy) is 1. The highest BCUT2D eigenvalue weighted by Gasteiger charge is 2.19. The number of carboxylic acids is 1. The van der Waals surface area contributed by atoms with Crippen molar-refractivity contribution in [1.29, 1.82) is 0 Å². The lowest BCUT2D eigenvalue weighted by Gasteiger charge is -2.33. The molecule has 1 heterocycles. The summed E-state index contributed by atoms with van der Waals surface area (Å²) in [4.78, 5) is 13.1. The average Bonchev–Trinajstić information content (AvgIpc) is 2.39. The van der Waals surface area contributed by atoms with E-state index in [-0.39, 0.29) is 0 Å². The smallest absolute Gasteiger partial charge is 0.335 e. The van der Waals surface area contributed by atoms with Crippen molar-refractivity contribution in [2.75, 3.05) is 25.2 Å². The van der Waals surface area contributed by atoms with Crippen LogP contribution >= 0.6 is 0 Å². The van der Waals surface area contributed by atoms with Gasteiger partial charge in [-0.25, -0.2) is 4.79 Å². The molecule has 1 aliphatic rings. The molecular weight excluding hydrogens is 218 g/mol. The first-order valence-electron chi connectivity index (χ1n) is 5.82. The van der Waals surface area contributed by atoms with Gasteiger partial charge in [0.15, 0.2) is 0 Å². The number of hydrogen-bond acceptors (Lipinski definition) is 3. The van der Waals surface area contributed by atoms with Crippen LogP contribution in [0.4, 0.5) is 5.69 Å². The van der Waals surface area contributed by atoms with Crippen LogP contribution in [-0.2, 0) is 4.74 Å². The van der Waals surface area contributed by atoms with Crippen LogP contribution in [0, 0.1) is 0 Å². The van der Waals surface area contributed by atoms with Crippen molar-refractivity contribution < 1.29 is 14.6 Å². The Hall–Kier alpha value is -1.55. The minimum Gasteiger partial charge on any atom is -0.478 e. The third-order valence-corrected chi connectivity index (χ3v) is 3.24. The van der Waals surface area contributed by atoms with Crippen LogP contribution in [0.2, 0.25) is 0 Å². The Balaban J connectivity index is 2.14. The molecule has 1 saturated heterocycles. The molecule has 0 radical (unpaired) electrons. The molecule has 1 fully saturated rings. The number of benzene rings is 1. The lowest BCUT2D eigenvalue weighted by Crippen LogP contribution is -2.36. The van der Waals surface area contributed by atoms with Gasteiger partial charge in [0.1, 0.15) is 0 Å². The van der Waals surface area contributed by atoms with Crippen LogP contribution in [-0.4, -0.2) is 37.4 Å². The number of carbonyl (C=O) groups is 1. The quantitative estimate of drug-likeness (QED) is 0.870. The summed E-state index contributed by atoms with van der Waals surface area (Å²) in [6, 6.07) is 7.51. The van der Waals surface area contributed by atoms with Crippen LogP contribution in [0.15, 0.2) is 24.3 Å². The third kappa shape index (κ3) is 2.77. The summed E-state index contributed by atoms with van der Waals surface area (Å²) in [5.74, 6) is -0.882. The van der Waals surface area contributed by atoms with Crippen molar-refractivity contribution in [2.45, 2.75) is 18.9 Å². The van der Waals surface area contributed by atoms with E-state index in [9.17, 15) is 4.79 Å². The highest BCUT2D eigenvalue weighted by Crippen LogP contribution is 2.22. The molecule has 0 aliphatic carbocycles. The van der Waals surface area contributed by atoms with Gasteiger partial charge >= 0.3 is 5.97 Å². The molecule has 1 aromatic rings. The maximum Gasteiger partial charge on any atom is 0.335 e. The summed E-state index contributed by atoms with van der Waals surface area (Å²) in [5, 5.41) is 8.96. The predicted molar refractivity (Wildman–Crippen MR) is 65.6 cm³/mol. The highest BCUT2D eigenvalue weighted by atomic mass is 16.5. The van der Waals surface area contributed by atoms with E-state index in [0.717, 1.165) is 31.7 Å². The van der Waals surface area contributed by atoms with E-state index in [4.69, 9.17) is 9.84 Å². The molecule has 1 N–H and O–H groups in total. The fourth-order valence-electron chi connectivity index (χ4n) is 2.14. The summed E-state index contributed by atoms with van der Waals surface area (Å²) < 4.78 is 5.33. The van der Waals surface area contributed by atoms with E-state index in [1.165, 1.54) is 0 Å². The Morgan fingerprint density at radius 1 is 1.41 bits per heavy atom. The molecule has 17 heavy (non-hydrogen) atoms. The van der Waals surface area contributed by atoms with Gasteiger partial charge in [0, 0.05) is 32.0 Å². The van der Waals surface area contributed by atoms with Crippen molar-refractivity contribution in [3.63, 3.8) is 0 Å². The molecule has 0 spiro atoms. The van der Waals surface area contributed by atoms with Gasteiger partial charge < -0.3 is 14.7 Å². The van der Waals surface area contributed by atoms with Crippen LogP contribution in [0.5, 0.6) is 0 Å². The van der Waals surface area contributed by atoms with Crippen LogP contribution in [0.25, 0.3) is 0 Å². The number of anilines is 1. The lowest BCUT2D eigenvalue weighted by molar-refractivity contribution is 0.0696. The number of rotatable bonds is 3. The molecule has 0 saturated carbocycles. The summed E-state index contributed by atoms with van der Waals surface area (Å²) in [7, 11) is 2.01. The summed E-state index contributed by atoms with van der Waals surface area (Å²) in [6.45, 7) is 1.57. The zero-order valence-electron chi connectivity index (χ0n) is 9.93. The zero-order chi connectivity index (χ0) is 12.3. The fraction of sp³-hybridized carbons (Fsp3) is 0.462. The number of hydrogen-bond donors (Lipinski definition) is 1. The first kappa shape index (κ1) is 11.9. The Morgan fingerprint density at radius 3 is 2.76 bits per heavy atom. The molecule has 4 heteroatoms. The van der Waals surface area contributed by atoms with Gasteiger partial charge in [0.05, 0.1) is 5.56 Å². The van der Waals surface area contributed by atoms with E-state index in [2.05, 4.69) is 4.90 Å². The van der Waals surface area contributed by atoms with Crippen molar-refractivity contribution in [3.05, 3.63) is 29.8 Å². The van der Waals surface area contributed by atoms with Gasteiger partial charge in [-0.15, -0.1) is 0 Å². The molecule has 4 nitrogen and oxygen atoms in total. The Bertz CT molecular complexity index is 399. The van der Waals surface area contributed by atoms with Crippen molar-refractivity contribution in [1.82, 2.24) is 0 Å². The second-order valence-electron chi connectivity index (χ2n) is 4.31. The third-order valence-electron chi connectivity index (χ3n) is 3.24. The SMILES string of the molecule is CN(c1cccc(C(=O)O)c1)C1CCOCC1. The van der Waals surface area contributed by atoms with Gasteiger partial charge in [0.25, 0.3) is 0 Å². The second-order valence-corrected chi connectivity index (χ2v) is 4.31. The Morgan fingerprint density at radius 2 is 2.12 bits per heavy atom. The topological polar surface area (TPSA) is 49.8 Å². The fourth-order valence-corrected chi connectivity index (χ4v) is 2.14.